The molecule has 0 aliphatic carbocycles. The van der Waals surface area contributed by atoms with Crippen LogP contribution in [0.1, 0.15) is 41.7 Å². The van der Waals surface area contributed by atoms with Crippen molar-refractivity contribution in [1.29, 1.82) is 0 Å². The first kappa shape index (κ1) is 37.4. The molecule has 0 atom stereocenters. The van der Waals surface area contributed by atoms with E-state index in [1.165, 1.54) is 27.8 Å². The Hall–Kier alpha value is -3.90. The molecule has 0 fully saturated rings. The second kappa shape index (κ2) is 15.6. The van der Waals surface area contributed by atoms with Crippen LogP contribution in [0.2, 0.25) is 17.3 Å². The van der Waals surface area contributed by atoms with Crippen LogP contribution >= 0.6 is 0 Å². The summed E-state index contributed by atoms with van der Waals surface area (Å²) in [6, 6.07) is 33.5. The van der Waals surface area contributed by atoms with Gasteiger partial charge in [0.15, 0.2) is 0 Å². The van der Waals surface area contributed by atoms with E-state index in [0.717, 1.165) is 56.5 Å². The van der Waals surface area contributed by atoms with E-state index in [1.54, 1.807) is 4.40 Å². The van der Waals surface area contributed by atoms with Crippen molar-refractivity contribution in [1.82, 2.24) is 15.0 Å². The number of benzene rings is 3. The number of aryl methyl sites for hydroxylation is 4. The van der Waals surface area contributed by atoms with Gasteiger partial charge >= 0.3 is 126 Å². The Morgan fingerprint density at radius 1 is 0.740 bits per heavy atom. The summed E-state index contributed by atoms with van der Waals surface area (Å²) in [4.78, 5) is 14.1. The van der Waals surface area contributed by atoms with Crippen LogP contribution < -0.4 is 4.40 Å². The number of hydrogen-bond acceptors (Lipinski definition) is 4. The molecule has 4 heterocycles. The normalized spacial score (nSPS) is 11.4. The summed E-state index contributed by atoms with van der Waals surface area (Å²) in [5.74, 6) is 7.99. The SMILES string of the molecule is CC(C)Cc1cc(-c2[c-]cccc2)nc[c]1[Ge]([CH3])([CH3])[CH3].Cc1ccnc(-c2[c-]ccc3c2oc2nc(-c4c(C)cc(C)cc4C)ccc23)c1.[Ir]. The number of rotatable bonds is 6. The zero-order valence-electron chi connectivity index (χ0n) is 30.5. The van der Waals surface area contributed by atoms with Gasteiger partial charge in [0.1, 0.15) is 0 Å². The van der Waals surface area contributed by atoms with Gasteiger partial charge < -0.3 is 9.40 Å². The average molecular weight is 897 g/mol. The molecule has 0 unspecified atom stereocenters. The summed E-state index contributed by atoms with van der Waals surface area (Å²) in [6.45, 7) is 13.0. The molecule has 0 aliphatic heterocycles. The number of furan rings is 1. The molecule has 7 rings (SSSR count). The van der Waals surface area contributed by atoms with Crippen molar-refractivity contribution < 1.29 is 24.5 Å². The standard InChI is InChI=1S/C26H21N2O.C18H24GeN.Ir/c1-15-10-11-27-23(14-15)21-7-5-6-19-20-8-9-22(28-26(20)29-25(19)21)24-17(3)12-16(2)13-18(24)4;1-14(2)11-16-12-18(15-9-7-6-8-10-15)20-13-17(16)19(3,4)5;/h5-6,8-14H,1-4H3;6-9,12-14H,11H2,1-5H3;/q2*-1;. The van der Waals surface area contributed by atoms with Gasteiger partial charge in [-0.05, 0) is 62.7 Å². The molecule has 6 heteroatoms. The Kier molecular flexibility index (Phi) is 11.6. The van der Waals surface area contributed by atoms with E-state index in [9.17, 15) is 0 Å². The predicted molar refractivity (Wildman–Crippen MR) is 208 cm³/mol. The second-order valence-corrected chi connectivity index (χ2v) is 25.2. The Labute approximate surface area is 313 Å². The van der Waals surface area contributed by atoms with E-state index < -0.39 is 13.3 Å². The van der Waals surface area contributed by atoms with Crippen LogP contribution in [0.25, 0.3) is 55.8 Å². The fourth-order valence-electron chi connectivity index (χ4n) is 6.69. The molecule has 0 spiro atoms. The van der Waals surface area contributed by atoms with Gasteiger partial charge in [0.05, 0.1) is 11.3 Å². The molecule has 4 nitrogen and oxygen atoms in total. The van der Waals surface area contributed by atoms with Crippen molar-refractivity contribution in [2.45, 2.75) is 65.2 Å². The van der Waals surface area contributed by atoms with Crippen molar-refractivity contribution in [2.75, 3.05) is 0 Å². The molecular formula is C44H45GeIrN3O-2. The summed E-state index contributed by atoms with van der Waals surface area (Å²) in [5.41, 5.74) is 13.8. The zero-order chi connectivity index (χ0) is 34.9. The maximum Gasteiger partial charge on any atom is 0.216 e. The van der Waals surface area contributed by atoms with E-state index in [0.29, 0.717) is 11.6 Å². The van der Waals surface area contributed by atoms with Crippen molar-refractivity contribution in [3.05, 3.63) is 131 Å². The molecule has 0 amide bonds. The second-order valence-electron chi connectivity index (χ2n) is 14.6. The van der Waals surface area contributed by atoms with Crippen molar-refractivity contribution >= 4 is 39.7 Å². The molecule has 0 saturated carbocycles. The molecule has 1 radical (unpaired) electrons. The first-order chi connectivity index (χ1) is 23.4. The summed E-state index contributed by atoms with van der Waals surface area (Å²) in [6.07, 6.45) is 5.09. The minimum atomic E-state index is -1.86. The molecule has 50 heavy (non-hydrogen) atoms. The van der Waals surface area contributed by atoms with E-state index in [-0.39, 0.29) is 20.1 Å². The first-order valence-corrected chi connectivity index (χ1v) is 24.4. The van der Waals surface area contributed by atoms with Crippen LogP contribution in [-0.2, 0) is 26.5 Å². The van der Waals surface area contributed by atoms with Crippen molar-refractivity contribution in [3.8, 4) is 33.8 Å². The molecule has 3 aromatic carbocycles. The predicted octanol–water partition coefficient (Wildman–Crippen LogP) is 11.0. The first-order valence-electron chi connectivity index (χ1n) is 17.1. The number of aromatic nitrogens is 3. The van der Waals surface area contributed by atoms with Gasteiger partial charge in [0.25, 0.3) is 0 Å². The molecule has 257 valence electrons. The van der Waals surface area contributed by atoms with Gasteiger partial charge in [-0.15, -0.1) is 18.2 Å². The monoisotopic (exact) mass is 898 g/mol. The fourth-order valence-corrected chi connectivity index (χ4v) is 10.0. The van der Waals surface area contributed by atoms with Crippen LogP contribution in [0.4, 0.5) is 0 Å². The van der Waals surface area contributed by atoms with E-state index in [2.05, 4.69) is 125 Å². The van der Waals surface area contributed by atoms with E-state index in [4.69, 9.17) is 14.4 Å². The van der Waals surface area contributed by atoms with Gasteiger partial charge in [0.2, 0.25) is 5.71 Å². The Morgan fingerprint density at radius 3 is 2.16 bits per heavy atom. The Bertz CT molecular complexity index is 2250. The molecule has 0 bridgehead atoms. The molecule has 0 saturated heterocycles. The van der Waals surface area contributed by atoms with Gasteiger partial charge in [-0.3, -0.25) is 0 Å². The van der Waals surface area contributed by atoms with Gasteiger partial charge in [-0.1, -0.05) is 40.3 Å². The van der Waals surface area contributed by atoms with Crippen LogP contribution in [0, 0.1) is 45.7 Å². The molecule has 7 aromatic rings. The van der Waals surface area contributed by atoms with Crippen LogP contribution in [-0.4, -0.2) is 28.2 Å². The van der Waals surface area contributed by atoms with Crippen LogP contribution in [0.15, 0.2) is 95.7 Å². The minimum absolute atomic E-state index is 0. The molecule has 0 N–H and O–H groups in total. The third-order valence-electron chi connectivity index (χ3n) is 8.81. The number of nitrogens with zero attached hydrogens (tertiary/aromatic N) is 3. The number of pyridine rings is 3. The fraction of sp³-hybridized carbons (Fsp3) is 0.250. The minimum Gasteiger partial charge on any atom is -0.486 e. The molecule has 4 aromatic heterocycles. The molecular weight excluding hydrogens is 851 g/mol. The summed E-state index contributed by atoms with van der Waals surface area (Å²) in [7, 11) is 0. The van der Waals surface area contributed by atoms with Gasteiger partial charge in [-0.25, -0.2) is 4.98 Å². The Morgan fingerprint density at radius 2 is 1.50 bits per heavy atom. The quantitative estimate of drug-likeness (QED) is 0.123. The van der Waals surface area contributed by atoms with Crippen molar-refractivity contribution in [2.24, 2.45) is 5.92 Å². The topological polar surface area (TPSA) is 51.8 Å². The van der Waals surface area contributed by atoms with Crippen molar-refractivity contribution in [3.63, 3.8) is 0 Å². The van der Waals surface area contributed by atoms with Crippen LogP contribution in [0.3, 0.4) is 0 Å². The maximum absolute atomic E-state index is 6.26. The Balaban J connectivity index is 0.000000204. The molecule has 0 aliphatic rings. The summed E-state index contributed by atoms with van der Waals surface area (Å²) >= 11 is -1.86. The summed E-state index contributed by atoms with van der Waals surface area (Å²) in [5, 5.41) is 2.04. The number of fused-ring (bicyclic) bond motifs is 3. The maximum atomic E-state index is 6.26. The smallest absolute Gasteiger partial charge is 0.216 e. The third-order valence-corrected chi connectivity index (χ3v) is 13.1. The van der Waals surface area contributed by atoms with E-state index in [1.807, 2.05) is 42.6 Å². The van der Waals surface area contributed by atoms with Crippen LogP contribution in [0.5, 0.6) is 0 Å². The van der Waals surface area contributed by atoms with Gasteiger partial charge in [0, 0.05) is 37.3 Å². The zero-order valence-corrected chi connectivity index (χ0v) is 35.0. The third kappa shape index (κ3) is 8.18. The summed E-state index contributed by atoms with van der Waals surface area (Å²) < 4.78 is 7.80. The largest absolute Gasteiger partial charge is 0.486 e. The van der Waals surface area contributed by atoms with Gasteiger partial charge in [-0.2, -0.15) is 0 Å². The van der Waals surface area contributed by atoms with E-state index >= 15 is 0 Å². The average Bonchev–Trinajstić information content (AvgIpc) is 3.42. The number of hydrogen-bond donors (Lipinski definition) is 0.